The van der Waals surface area contributed by atoms with Crippen LogP contribution >= 0.6 is 0 Å². The molecule has 55 heavy (non-hydrogen) atoms. The summed E-state index contributed by atoms with van der Waals surface area (Å²) in [6.45, 7) is 18.6. The third-order valence-corrected chi connectivity index (χ3v) is 7.94. The standard InChI is InChI=1S/C39H52N6O10/c1-25(41-34(46)54-38(5,6)7)12-11-21-51-32-23-28(19-20-40-32)43(35(47)55-39(8,9)10)33-24-31(42-44(33)37(2,3)4)26-13-16-30(22-26)53-36(48)52-29-17-14-27(15-18-29)45(49)50/h11-12,14-15,17-20,23-26,30H,13,16,21-22H2,1-10H3,(H,41,46)/b12-11+/t25-,26+,30-/m1/s1. The van der Waals surface area contributed by atoms with Crippen LogP contribution in [0.25, 0.3) is 0 Å². The number of benzene rings is 1. The lowest BCUT2D eigenvalue weighted by molar-refractivity contribution is -0.384. The van der Waals surface area contributed by atoms with E-state index in [1.807, 2.05) is 33.8 Å². The number of carbonyl (C=O) groups is 3. The van der Waals surface area contributed by atoms with Gasteiger partial charge in [-0.05, 0) is 113 Å². The number of rotatable bonds is 11. The Bertz CT molecular complexity index is 1850. The van der Waals surface area contributed by atoms with Gasteiger partial charge in [-0.3, -0.25) is 10.1 Å². The number of hydrogen-bond acceptors (Lipinski definition) is 12. The number of anilines is 2. The number of hydrogen-bond donors (Lipinski definition) is 1. The van der Waals surface area contributed by atoms with Crippen molar-refractivity contribution in [2.75, 3.05) is 11.5 Å². The summed E-state index contributed by atoms with van der Waals surface area (Å²) >= 11 is 0. The molecule has 0 saturated heterocycles. The maximum Gasteiger partial charge on any atom is 0.514 e. The van der Waals surface area contributed by atoms with Gasteiger partial charge in [-0.15, -0.1) is 0 Å². The van der Waals surface area contributed by atoms with E-state index >= 15 is 0 Å². The predicted octanol–water partition coefficient (Wildman–Crippen LogP) is 8.71. The Balaban J connectivity index is 1.52. The normalized spacial score (nSPS) is 16.6. The average molecular weight is 765 g/mol. The Morgan fingerprint density at radius 2 is 1.67 bits per heavy atom. The predicted molar refractivity (Wildman–Crippen MR) is 204 cm³/mol. The molecular formula is C39H52N6O10. The molecule has 2 heterocycles. The molecule has 1 saturated carbocycles. The quantitative estimate of drug-likeness (QED) is 0.0489. The highest BCUT2D eigenvalue weighted by atomic mass is 16.7. The summed E-state index contributed by atoms with van der Waals surface area (Å²) < 4.78 is 29.7. The van der Waals surface area contributed by atoms with Gasteiger partial charge in [-0.1, -0.05) is 6.08 Å². The zero-order chi connectivity index (χ0) is 40.7. The van der Waals surface area contributed by atoms with E-state index in [0.717, 1.165) is 0 Å². The van der Waals surface area contributed by atoms with Crippen LogP contribution in [0.1, 0.15) is 100 Å². The van der Waals surface area contributed by atoms with Crippen LogP contribution in [0, 0.1) is 10.1 Å². The highest BCUT2D eigenvalue weighted by molar-refractivity contribution is 5.95. The van der Waals surface area contributed by atoms with E-state index in [0.29, 0.717) is 36.5 Å². The molecule has 16 heteroatoms. The lowest BCUT2D eigenvalue weighted by atomic mass is 10.0. The highest BCUT2D eigenvalue weighted by Gasteiger charge is 2.36. The van der Waals surface area contributed by atoms with Gasteiger partial charge in [-0.2, -0.15) is 5.10 Å². The largest absolute Gasteiger partial charge is 0.514 e. The van der Waals surface area contributed by atoms with Gasteiger partial charge < -0.3 is 29.0 Å². The number of carbonyl (C=O) groups excluding carboxylic acids is 3. The summed E-state index contributed by atoms with van der Waals surface area (Å²) in [4.78, 5) is 54.8. The fourth-order valence-corrected chi connectivity index (χ4v) is 5.64. The number of nitro groups is 1. The van der Waals surface area contributed by atoms with Crippen LogP contribution < -0.4 is 19.7 Å². The third-order valence-electron chi connectivity index (χ3n) is 7.94. The zero-order valence-corrected chi connectivity index (χ0v) is 33.2. The van der Waals surface area contributed by atoms with Crippen LogP contribution in [0.3, 0.4) is 0 Å². The lowest BCUT2D eigenvalue weighted by Gasteiger charge is -2.30. The molecule has 298 valence electrons. The third kappa shape index (κ3) is 12.7. The molecule has 1 fully saturated rings. The Morgan fingerprint density at radius 1 is 1.00 bits per heavy atom. The molecule has 1 aliphatic carbocycles. The summed E-state index contributed by atoms with van der Waals surface area (Å²) in [6, 6.07) is 9.99. The lowest BCUT2D eigenvalue weighted by Crippen LogP contribution is -2.37. The summed E-state index contributed by atoms with van der Waals surface area (Å²) in [5.74, 6) is 0.735. The number of pyridine rings is 1. The molecule has 0 bridgehead atoms. The van der Waals surface area contributed by atoms with Gasteiger partial charge >= 0.3 is 18.3 Å². The van der Waals surface area contributed by atoms with Gasteiger partial charge in [0.1, 0.15) is 35.5 Å². The van der Waals surface area contributed by atoms with E-state index in [1.54, 1.807) is 70.5 Å². The van der Waals surface area contributed by atoms with Crippen LogP contribution in [0.2, 0.25) is 0 Å². The molecular weight excluding hydrogens is 712 g/mol. The first-order valence-corrected chi connectivity index (χ1v) is 18.1. The number of nitrogens with zero attached hydrogens (tertiary/aromatic N) is 5. The second-order valence-electron chi connectivity index (χ2n) is 16.2. The molecule has 0 unspecified atom stereocenters. The van der Waals surface area contributed by atoms with Crippen molar-refractivity contribution in [3.05, 3.63) is 76.6 Å². The second-order valence-corrected chi connectivity index (χ2v) is 16.2. The minimum Gasteiger partial charge on any atom is -0.473 e. The molecule has 3 atom stereocenters. The molecule has 0 aliphatic heterocycles. The van der Waals surface area contributed by atoms with Crippen LogP contribution in [0.4, 0.5) is 31.6 Å². The smallest absolute Gasteiger partial charge is 0.473 e. The Kier molecular flexibility index (Phi) is 13.2. The number of ether oxygens (including phenoxy) is 5. The maximum absolute atomic E-state index is 14.0. The van der Waals surface area contributed by atoms with Gasteiger partial charge in [0.2, 0.25) is 5.88 Å². The van der Waals surface area contributed by atoms with Crippen molar-refractivity contribution in [3.63, 3.8) is 0 Å². The van der Waals surface area contributed by atoms with Gasteiger partial charge in [0.25, 0.3) is 5.69 Å². The molecule has 1 N–H and O–H groups in total. The van der Waals surface area contributed by atoms with Gasteiger partial charge in [0.15, 0.2) is 0 Å². The molecule has 4 rings (SSSR count). The minimum absolute atomic E-state index is 0.102. The summed E-state index contributed by atoms with van der Waals surface area (Å²) in [6.07, 6.45) is 4.22. The zero-order valence-electron chi connectivity index (χ0n) is 33.2. The molecule has 2 aromatic heterocycles. The first-order valence-electron chi connectivity index (χ1n) is 18.1. The SMILES string of the molecule is C[C@H](/C=C/COc1cc(N(C(=O)OC(C)(C)C)c2cc([C@H]3CC[C@@H](OC(=O)Oc4ccc([N+](=O)[O-])cc4)C3)nn2C(C)(C)C)ccn1)NC(=O)OC(C)(C)C. The Labute approximate surface area is 321 Å². The van der Waals surface area contributed by atoms with E-state index < -0.39 is 46.1 Å². The van der Waals surface area contributed by atoms with E-state index in [4.69, 9.17) is 28.8 Å². The number of nitro benzene ring substituents is 1. The summed E-state index contributed by atoms with van der Waals surface area (Å²) in [7, 11) is 0. The molecule has 0 radical (unpaired) electrons. The van der Waals surface area contributed by atoms with Crippen LogP contribution in [-0.2, 0) is 19.7 Å². The maximum atomic E-state index is 14.0. The molecule has 1 aromatic carbocycles. The van der Waals surface area contributed by atoms with Gasteiger partial charge in [0, 0.05) is 42.4 Å². The van der Waals surface area contributed by atoms with Crippen molar-refractivity contribution in [2.24, 2.45) is 0 Å². The van der Waals surface area contributed by atoms with E-state index in [9.17, 15) is 24.5 Å². The van der Waals surface area contributed by atoms with Crippen molar-refractivity contribution in [3.8, 4) is 11.6 Å². The molecule has 16 nitrogen and oxygen atoms in total. The Hall–Kier alpha value is -5.67. The highest BCUT2D eigenvalue weighted by Crippen LogP contribution is 2.40. The van der Waals surface area contributed by atoms with Gasteiger partial charge in [-0.25, -0.2) is 28.9 Å². The van der Waals surface area contributed by atoms with E-state index in [2.05, 4.69) is 10.3 Å². The number of non-ortho nitro benzene ring substituents is 1. The van der Waals surface area contributed by atoms with Crippen molar-refractivity contribution in [1.29, 1.82) is 0 Å². The molecule has 0 spiro atoms. The van der Waals surface area contributed by atoms with E-state index in [-0.39, 0.29) is 35.9 Å². The first kappa shape index (κ1) is 42.1. The van der Waals surface area contributed by atoms with Crippen LogP contribution in [-0.4, -0.2) is 68.0 Å². The van der Waals surface area contributed by atoms with Crippen molar-refractivity contribution >= 4 is 35.5 Å². The van der Waals surface area contributed by atoms with Gasteiger partial charge in [0.05, 0.1) is 21.8 Å². The number of amides is 2. The number of alkyl carbamates (subject to hydrolysis) is 1. The fraction of sp³-hybridized carbons (Fsp3) is 0.513. The van der Waals surface area contributed by atoms with Crippen molar-refractivity contribution in [1.82, 2.24) is 20.1 Å². The topological polar surface area (TPSA) is 186 Å². The molecule has 1 aliphatic rings. The fourth-order valence-electron chi connectivity index (χ4n) is 5.64. The van der Waals surface area contributed by atoms with Crippen molar-refractivity contribution in [2.45, 2.75) is 123 Å². The van der Waals surface area contributed by atoms with Crippen LogP contribution in [0.5, 0.6) is 11.6 Å². The minimum atomic E-state index is -0.908. The molecule has 3 aromatic rings. The van der Waals surface area contributed by atoms with Crippen molar-refractivity contribution < 1.29 is 43.0 Å². The number of nitrogens with one attached hydrogen (secondary N) is 1. The Morgan fingerprint density at radius 3 is 2.29 bits per heavy atom. The second kappa shape index (κ2) is 17.2. The van der Waals surface area contributed by atoms with E-state index in [1.165, 1.54) is 35.4 Å². The molecule has 2 amide bonds. The van der Waals surface area contributed by atoms with Crippen LogP contribution in [0.15, 0.2) is 60.8 Å². The summed E-state index contributed by atoms with van der Waals surface area (Å²) in [5, 5.41) is 18.6. The monoisotopic (exact) mass is 764 g/mol. The number of aromatic nitrogens is 3. The average Bonchev–Trinajstić information content (AvgIpc) is 3.70. The summed E-state index contributed by atoms with van der Waals surface area (Å²) in [5.41, 5.74) is -0.982. The first-order chi connectivity index (χ1) is 25.6.